The fourth-order valence-corrected chi connectivity index (χ4v) is 1.59. The first-order chi connectivity index (χ1) is 9.10. The maximum Gasteiger partial charge on any atom is 0.322 e. The summed E-state index contributed by atoms with van der Waals surface area (Å²) in [7, 11) is 0. The van der Waals surface area contributed by atoms with Crippen molar-refractivity contribution >= 4 is 17.6 Å². The van der Waals surface area contributed by atoms with Gasteiger partial charge >= 0.3 is 6.01 Å². The van der Waals surface area contributed by atoms with Crippen LogP contribution in [0.3, 0.4) is 0 Å². The van der Waals surface area contributed by atoms with Crippen LogP contribution in [0.2, 0.25) is 0 Å². The molecule has 0 aliphatic carbocycles. The van der Waals surface area contributed by atoms with Crippen molar-refractivity contribution in [3.8, 4) is 0 Å². The van der Waals surface area contributed by atoms with Crippen LogP contribution in [0, 0.1) is 13.8 Å². The van der Waals surface area contributed by atoms with E-state index in [1.54, 1.807) is 6.92 Å². The van der Waals surface area contributed by atoms with E-state index in [1.165, 1.54) is 6.20 Å². The van der Waals surface area contributed by atoms with E-state index < -0.39 is 0 Å². The Hall–Kier alpha value is -2.44. The molecule has 0 bridgehead atoms. The number of rotatable bonds is 4. The Morgan fingerprint density at radius 3 is 2.79 bits per heavy atom. The molecule has 2 aromatic heterocycles. The van der Waals surface area contributed by atoms with Gasteiger partial charge < -0.3 is 9.73 Å². The van der Waals surface area contributed by atoms with Crippen molar-refractivity contribution in [3.05, 3.63) is 29.4 Å². The molecule has 0 radical (unpaired) electrons. The summed E-state index contributed by atoms with van der Waals surface area (Å²) in [4.78, 5) is 16.2. The van der Waals surface area contributed by atoms with Crippen molar-refractivity contribution in [2.45, 2.75) is 20.8 Å². The van der Waals surface area contributed by atoms with Crippen LogP contribution in [0.15, 0.2) is 16.7 Å². The molecular formula is C12H15N5O2. The molecule has 2 aromatic rings. The van der Waals surface area contributed by atoms with Gasteiger partial charge in [-0.15, -0.1) is 5.10 Å². The molecule has 0 saturated heterocycles. The van der Waals surface area contributed by atoms with Crippen molar-refractivity contribution in [2.24, 2.45) is 0 Å². The summed E-state index contributed by atoms with van der Waals surface area (Å²) < 4.78 is 5.10. The van der Waals surface area contributed by atoms with Crippen LogP contribution in [0.25, 0.3) is 0 Å². The predicted molar refractivity (Wildman–Crippen MR) is 70.1 cm³/mol. The van der Waals surface area contributed by atoms with Gasteiger partial charge in [0.25, 0.3) is 5.91 Å². The third-order valence-corrected chi connectivity index (χ3v) is 2.40. The summed E-state index contributed by atoms with van der Waals surface area (Å²) >= 11 is 0. The second-order valence-electron chi connectivity index (χ2n) is 3.98. The Balaban J connectivity index is 2.23. The zero-order chi connectivity index (χ0) is 13.8. The maximum absolute atomic E-state index is 12.1. The largest absolute Gasteiger partial charge is 0.408 e. The van der Waals surface area contributed by atoms with Crippen LogP contribution in [0.4, 0.5) is 11.7 Å². The second-order valence-corrected chi connectivity index (χ2v) is 3.98. The molecule has 7 heteroatoms. The highest BCUT2D eigenvalue weighted by Gasteiger charge is 2.14. The Morgan fingerprint density at radius 2 is 2.16 bits per heavy atom. The van der Waals surface area contributed by atoms with Crippen molar-refractivity contribution in [2.75, 3.05) is 17.2 Å². The lowest BCUT2D eigenvalue weighted by Gasteiger charge is -2.09. The molecule has 1 amide bonds. The normalized spacial score (nSPS) is 10.3. The molecule has 2 N–H and O–H groups in total. The van der Waals surface area contributed by atoms with E-state index in [0.717, 1.165) is 11.4 Å². The van der Waals surface area contributed by atoms with Gasteiger partial charge in [-0.3, -0.25) is 15.1 Å². The maximum atomic E-state index is 12.1. The van der Waals surface area contributed by atoms with Crippen LogP contribution in [-0.4, -0.2) is 27.6 Å². The van der Waals surface area contributed by atoms with E-state index in [9.17, 15) is 4.79 Å². The minimum Gasteiger partial charge on any atom is -0.408 e. The monoisotopic (exact) mass is 261 g/mol. The van der Waals surface area contributed by atoms with Crippen LogP contribution >= 0.6 is 0 Å². The van der Waals surface area contributed by atoms with Crippen molar-refractivity contribution in [1.29, 1.82) is 0 Å². The summed E-state index contributed by atoms with van der Waals surface area (Å²) in [6.07, 6.45) is 1.52. The molecule has 100 valence electrons. The third kappa shape index (κ3) is 3.06. The number of nitrogens with zero attached hydrogens (tertiary/aromatic N) is 3. The summed E-state index contributed by atoms with van der Waals surface area (Å²) in [6.45, 7) is 6.19. The van der Waals surface area contributed by atoms with Gasteiger partial charge in [-0.2, -0.15) is 0 Å². The first kappa shape index (κ1) is 13.0. The van der Waals surface area contributed by atoms with Gasteiger partial charge in [0.1, 0.15) is 0 Å². The van der Waals surface area contributed by atoms with Gasteiger partial charge in [0.15, 0.2) is 0 Å². The number of amides is 1. The van der Waals surface area contributed by atoms with Crippen molar-refractivity contribution in [1.82, 2.24) is 15.2 Å². The van der Waals surface area contributed by atoms with Crippen LogP contribution < -0.4 is 10.6 Å². The zero-order valence-electron chi connectivity index (χ0n) is 11.0. The molecule has 0 unspecified atom stereocenters. The number of hydrogen-bond acceptors (Lipinski definition) is 6. The SMILES string of the molecule is CCNc1cc(C)ncc1C(=O)Nc1nnc(C)o1. The molecular weight excluding hydrogens is 246 g/mol. The van der Waals surface area contributed by atoms with E-state index in [1.807, 2.05) is 19.9 Å². The summed E-state index contributed by atoms with van der Waals surface area (Å²) in [5.41, 5.74) is 1.99. The van der Waals surface area contributed by atoms with Crippen LogP contribution in [-0.2, 0) is 0 Å². The van der Waals surface area contributed by atoms with Gasteiger partial charge in [0, 0.05) is 25.4 Å². The zero-order valence-corrected chi connectivity index (χ0v) is 11.0. The average molecular weight is 261 g/mol. The van der Waals surface area contributed by atoms with Crippen molar-refractivity contribution < 1.29 is 9.21 Å². The fourth-order valence-electron chi connectivity index (χ4n) is 1.59. The Kier molecular flexibility index (Phi) is 3.74. The summed E-state index contributed by atoms with van der Waals surface area (Å²) in [5.74, 6) is 0.0522. The Labute approximate surface area is 110 Å². The molecule has 2 heterocycles. The van der Waals surface area contributed by atoms with Gasteiger partial charge in [0.2, 0.25) is 5.89 Å². The molecule has 7 nitrogen and oxygen atoms in total. The highest BCUT2D eigenvalue weighted by molar-refractivity contribution is 6.06. The average Bonchev–Trinajstić information content (AvgIpc) is 2.75. The minimum atomic E-state index is -0.341. The van der Waals surface area contributed by atoms with Crippen molar-refractivity contribution in [3.63, 3.8) is 0 Å². The molecule has 0 aromatic carbocycles. The number of aromatic nitrogens is 3. The molecule has 0 fully saturated rings. The highest BCUT2D eigenvalue weighted by atomic mass is 16.4. The number of nitrogens with one attached hydrogen (secondary N) is 2. The summed E-state index contributed by atoms with van der Waals surface area (Å²) in [5, 5.41) is 13.0. The molecule has 0 saturated carbocycles. The number of carbonyl (C=O) groups excluding carboxylic acids is 1. The lowest BCUT2D eigenvalue weighted by Crippen LogP contribution is -2.15. The molecule has 0 atom stereocenters. The smallest absolute Gasteiger partial charge is 0.322 e. The third-order valence-electron chi connectivity index (χ3n) is 2.40. The number of carbonyl (C=O) groups is 1. The number of anilines is 2. The van der Waals surface area contributed by atoms with Crippen LogP contribution in [0.1, 0.15) is 28.9 Å². The minimum absolute atomic E-state index is 0.0746. The predicted octanol–water partition coefficient (Wildman–Crippen LogP) is 1.77. The van der Waals surface area contributed by atoms with Gasteiger partial charge in [0.05, 0.1) is 11.3 Å². The van der Waals surface area contributed by atoms with E-state index in [4.69, 9.17) is 4.42 Å². The highest BCUT2D eigenvalue weighted by Crippen LogP contribution is 2.17. The van der Waals surface area contributed by atoms with E-state index in [-0.39, 0.29) is 11.9 Å². The molecule has 0 aliphatic heterocycles. The van der Waals surface area contributed by atoms with Gasteiger partial charge in [-0.1, -0.05) is 5.10 Å². The molecule has 19 heavy (non-hydrogen) atoms. The molecule has 0 aliphatic rings. The molecule has 0 spiro atoms. The number of pyridine rings is 1. The van der Waals surface area contributed by atoms with Crippen LogP contribution in [0.5, 0.6) is 0 Å². The van der Waals surface area contributed by atoms with E-state index in [2.05, 4.69) is 25.8 Å². The quantitative estimate of drug-likeness (QED) is 0.871. The Morgan fingerprint density at radius 1 is 1.37 bits per heavy atom. The lowest BCUT2D eigenvalue weighted by atomic mass is 10.2. The van der Waals surface area contributed by atoms with E-state index in [0.29, 0.717) is 18.0 Å². The van der Waals surface area contributed by atoms with Gasteiger partial charge in [-0.05, 0) is 19.9 Å². The fraction of sp³-hybridized carbons (Fsp3) is 0.333. The first-order valence-corrected chi connectivity index (χ1v) is 5.92. The lowest BCUT2D eigenvalue weighted by molar-refractivity contribution is 0.102. The molecule has 2 rings (SSSR count). The topological polar surface area (TPSA) is 92.9 Å². The standard InChI is InChI=1S/C12H15N5O2/c1-4-13-10-5-7(2)14-6-9(10)11(18)15-12-17-16-8(3)19-12/h5-6H,4H2,1-3H3,(H,13,14)(H,15,17,18). The summed E-state index contributed by atoms with van der Waals surface area (Å²) in [6, 6.07) is 1.89. The number of aryl methyl sites for hydroxylation is 2. The number of hydrogen-bond donors (Lipinski definition) is 2. The van der Waals surface area contributed by atoms with E-state index >= 15 is 0 Å². The Bertz CT molecular complexity index is 594. The first-order valence-electron chi connectivity index (χ1n) is 5.92. The van der Waals surface area contributed by atoms with Gasteiger partial charge in [-0.25, -0.2) is 0 Å². The second kappa shape index (κ2) is 5.47.